The number of aryl methyl sites for hydroxylation is 1. The number of anilines is 1. The lowest BCUT2D eigenvalue weighted by Crippen LogP contribution is -2.35. The van der Waals surface area contributed by atoms with Gasteiger partial charge in [0.25, 0.3) is 0 Å². The number of fused-ring (bicyclic) bond motifs is 1. The van der Waals surface area contributed by atoms with Crippen molar-refractivity contribution in [1.29, 1.82) is 0 Å². The number of rotatable bonds is 2. The summed E-state index contributed by atoms with van der Waals surface area (Å²) in [6.45, 7) is 2.82. The number of hydrogen-bond acceptors (Lipinski definition) is 5. The zero-order valence-corrected chi connectivity index (χ0v) is 9.67. The summed E-state index contributed by atoms with van der Waals surface area (Å²) < 4.78 is 1.75. The van der Waals surface area contributed by atoms with Gasteiger partial charge >= 0.3 is 5.82 Å². The molecule has 0 spiro atoms. The van der Waals surface area contributed by atoms with Gasteiger partial charge in [0.2, 0.25) is 12.1 Å². The normalized spacial score (nSPS) is 27.5. The number of nitrogens with one attached hydrogen (secondary N) is 1. The molecule has 0 bridgehead atoms. The third-order valence-corrected chi connectivity index (χ3v) is 3.78. The van der Waals surface area contributed by atoms with Gasteiger partial charge in [0, 0.05) is 32.7 Å². The molecule has 2 aliphatic rings. The molecule has 2 fully saturated rings. The van der Waals surface area contributed by atoms with Crippen molar-refractivity contribution in [3.05, 3.63) is 16.4 Å². The topological polar surface area (TPSA) is 76.2 Å². The van der Waals surface area contributed by atoms with Crippen LogP contribution < -0.4 is 10.2 Å². The molecule has 3 heterocycles. The van der Waals surface area contributed by atoms with E-state index in [1.807, 2.05) is 7.05 Å². The van der Waals surface area contributed by atoms with Crippen LogP contribution >= 0.6 is 0 Å². The number of imidazole rings is 1. The van der Waals surface area contributed by atoms with E-state index in [4.69, 9.17) is 0 Å². The minimum atomic E-state index is -0.398. The minimum Gasteiger partial charge on any atom is -0.358 e. The molecule has 0 unspecified atom stereocenters. The van der Waals surface area contributed by atoms with Crippen LogP contribution in [0.5, 0.6) is 0 Å². The fraction of sp³-hybridized carbons (Fsp3) is 0.700. The third kappa shape index (κ3) is 1.49. The Kier molecular flexibility index (Phi) is 2.29. The summed E-state index contributed by atoms with van der Waals surface area (Å²) in [4.78, 5) is 16.6. The standard InChI is InChI=1S/C10H15N5O2/c1-13-6-12-9(15(16)17)10(13)14-3-2-7-4-11-5-8(7)14/h6-8,11H,2-5H2,1H3/t7-,8+/m1/s1. The van der Waals surface area contributed by atoms with Crippen LogP contribution in [0.25, 0.3) is 0 Å². The molecular weight excluding hydrogens is 222 g/mol. The molecule has 7 nitrogen and oxygen atoms in total. The van der Waals surface area contributed by atoms with Gasteiger partial charge in [0.05, 0.1) is 0 Å². The Hall–Kier alpha value is -1.63. The zero-order chi connectivity index (χ0) is 12.0. The van der Waals surface area contributed by atoms with Gasteiger partial charge in [-0.3, -0.25) is 4.57 Å². The number of nitro groups is 1. The van der Waals surface area contributed by atoms with Crippen LogP contribution in [-0.2, 0) is 7.05 Å². The molecule has 2 atom stereocenters. The number of nitrogens with zero attached hydrogens (tertiary/aromatic N) is 4. The van der Waals surface area contributed by atoms with Gasteiger partial charge in [0.1, 0.15) is 0 Å². The summed E-state index contributed by atoms with van der Waals surface area (Å²) in [5, 5.41) is 14.3. The maximum Gasteiger partial charge on any atom is 0.406 e. The van der Waals surface area contributed by atoms with Crippen molar-refractivity contribution in [2.45, 2.75) is 12.5 Å². The fourth-order valence-corrected chi connectivity index (χ4v) is 2.98. The maximum absolute atomic E-state index is 11.0. The van der Waals surface area contributed by atoms with Crippen molar-refractivity contribution < 1.29 is 4.92 Å². The first-order valence-corrected chi connectivity index (χ1v) is 5.81. The summed E-state index contributed by atoms with van der Waals surface area (Å²) in [6.07, 6.45) is 2.61. The first-order chi connectivity index (χ1) is 8.18. The van der Waals surface area contributed by atoms with Crippen LogP contribution in [0.15, 0.2) is 6.33 Å². The van der Waals surface area contributed by atoms with Gasteiger partial charge in [-0.25, -0.2) is 0 Å². The Balaban J connectivity index is 1.98. The molecule has 1 aromatic rings. The molecule has 17 heavy (non-hydrogen) atoms. The van der Waals surface area contributed by atoms with Gasteiger partial charge in [-0.2, -0.15) is 0 Å². The highest BCUT2D eigenvalue weighted by atomic mass is 16.6. The summed E-state index contributed by atoms with van der Waals surface area (Å²) >= 11 is 0. The Morgan fingerprint density at radius 1 is 1.59 bits per heavy atom. The highest BCUT2D eigenvalue weighted by Crippen LogP contribution is 2.35. The Bertz CT molecular complexity index is 458. The smallest absolute Gasteiger partial charge is 0.358 e. The van der Waals surface area contributed by atoms with E-state index in [0.29, 0.717) is 17.8 Å². The molecule has 7 heteroatoms. The quantitative estimate of drug-likeness (QED) is 0.584. The molecule has 0 aromatic carbocycles. The first-order valence-electron chi connectivity index (χ1n) is 5.81. The van der Waals surface area contributed by atoms with Crippen LogP contribution in [0.1, 0.15) is 6.42 Å². The van der Waals surface area contributed by atoms with E-state index in [0.717, 1.165) is 26.1 Å². The van der Waals surface area contributed by atoms with Crippen molar-refractivity contribution in [3.63, 3.8) is 0 Å². The van der Waals surface area contributed by atoms with Crippen LogP contribution in [0, 0.1) is 16.0 Å². The van der Waals surface area contributed by atoms with Gasteiger partial charge in [0.15, 0.2) is 0 Å². The van der Waals surface area contributed by atoms with Crippen LogP contribution in [0.3, 0.4) is 0 Å². The zero-order valence-electron chi connectivity index (χ0n) is 9.67. The largest absolute Gasteiger partial charge is 0.406 e. The molecule has 0 amide bonds. The predicted molar refractivity (Wildman–Crippen MR) is 62.0 cm³/mol. The SMILES string of the molecule is Cn1cnc([N+](=O)[O-])c1N1CC[C@@H]2CNC[C@@H]21. The molecule has 2 aliphatic heterocycles. The number of hydrogen-bond donors (Lipinski definition) is 1. The summed E-state index contributed by atoms with van der Waals surface area (Å²) in [5.41, 5.74) is 0. The highest BCUT2D eigenvalue weighted by molar-refractivity contribution is 5.56. The van der Waals surface area contributed by atoms with E-state index in [-0.39, 0.29) is 5.82 Å². The van der Waals surface area contributed by atoms with Crippen LogP contribution in [-0.4, -0.2) is 40.2 Å². The number of aromatic nitrogens is 2. The second-order valence-corrected chi connectivity index (χ2v) is 4.73. The Morgan fingerprint density at radius 2 is 2.41 bits per heavy atom. The van der Waals surface area contributed by atoms with Crippen molar-refractivity contribution in [2.24, 2.45) is 13.0 Å². The average Bonchev–Trinajstić information content (AvgIpc) is 2.91. The van der Waals surface area contributed by atoms with E-state index in [1.165, 1.54) is 6.33 Å². The van der Waals surface area contributed by atoms with Gasteiger partial charge in [-0.05, 0) is 22.2 Å². The lowest BCUT2D eigenvalue weighted by Gasteiger charge is -2.24. The van der Waals surface area contributed by atoms with Crippen LogP contribution in [0.2, 0.25) is 0 Å². The maximum atomic E-state index is 11.0. The fourth-order valence-electron chi connectivity index (χ4n) is 2.98. The van der Waals surface area contributed by atoms with Crippen molar-refractivity contribution >= 4 is 11.6 Å². The van der Waals surface area contributed by atoms with Gasteiger partial charge < -0.3 is 20.3 Å². The highest BCUT2D eigenvalue weighted by Gasteiger charge is 2.41. The van der Waals surface area contributed by atoms with Crippen molar-refractivity contribution in [3.8, 4) is 0 Å². The third-order valence-electron chi connectivity index (χ3n) is 3.78. The molecule has 3 rings (SSSR count). The Morgan fingerprint density at radius 3 is 3.18 bits per heavy atom. The molecule has 2 saturated heterocycles. The van der Waals surface area contributed by atoms with E-state index < -0.39 is 4.92 Å². The second kappa shape index (κ2) is 3.69. The molecule has 0 aliphatic carbocycles. The Labute approximate surface area is 98.6 Å². The lowest BCUT2D eigenvalue weighted by atomic mass is 10.1. The van der Waals surface area contributed by atoms with E-state index in [2.05, 4.69) is 15.2 Å². The van der Waals surface area contributed by atoms with E-state index in [9.17, 15) is 10.1 Å². The monoisotopic (exact) mass is 237 g/mol. The molecule has 0 radical (unpaired) electrons. The van der Waals surface area contributed by atoms with Crippen molar-refractivity contribution in [2.75, 3.05) is 24.5 Å². The predicted octanol–water partition coefficient (Wildman–Crippen LogP) is 0.126. The first kappa shape index (κ1) is 10.5. The molecule has 1 N–H and O–H groups in total. The minimum absolute atomic E-state index is 0.0277. The molecule has 0 saturated carbocycles. The second-order valence-electron chi connectivity index (χ2n) is 4.73. The van der Waals surface area contributed by atoms with Gasteiger partial charge in [-0.15, -0.1) is 0 Å². The van der Waals surface area contributed by atoms with Crippen molar-refractivity contribution in [1.82, 2.24) is 14.9 Å². The lowest BCUT2D eigenvalue weighted by molar-refractivity contribution is -0.388. The molecular formula is C10H15N5O2. The summed E-state index contributed by atoms with van der Waals surface area (Å²) in [6, 6.07) is 0.379. The summed E-state index contributed by atoms with van der Waals surface area (Å²) in [5.74, 6) is 1.23. The van der Waals surface area contributed by atoms with Gasteiger partial charge in [-0.1, -0.05) is 0 Å². The average molecular weight is 237 g/mol. The van der Waals surface area contributed by atoms with E-state index >= 15 is 0 Å². The molecule has 1 aromatic heterocycles. The van der Waals surface area contributed by atoms with Crippen LogP contribution in [0.4, 0.5) is 11.6 Å². The molecule has 92 valence electrons. The van der Waals surface area contributed by atoms with E-state index in [1.54, 1.807) is 4.57 Å². The summed E-state index contributed by atoms with van der Waals surface area (Å²) in [7, 11) is 1.81.